The summed E-state index contributed by atoms with van der Waals surface area (Å²) >= 11 is 0. The first kappa shape index (κ1) is 23.2. The van der Waals surface area contributed by atoms with E-state index >= 15 is 0 Å². The maximum absolute atomic E-state index is 12.7. The van der Waals surface area contributed by atoms with Crippen LogP contribution in [0.1, 0.15) is 26.3 Å². The zero-order chi connectivity index (χ0) is 23.2. The van der Waals surface area contributed by atoms with Gasteiger partial charge in [0.25, 0.3) is 12.2 Å². The highest BCUT2D eigenvalue weighted by atomic mass is 16.6. The van der Waals surface area contributed by atoms with Gasteiger partial charge in [0.1, 0.15) is 18.2 Å². The van der Waals surface area contributed by atoms with Gasteiger partial charge in [-0.2, -0.15) is 0 Å². The number of ether oxygens (including phenoxy) is 2. The number of H-pyrrole nitrogens is 1. The van der Waals surface area contributed by atoms with Crippen LogP contribution in [0.3, 0.4) is 0 Å². The standard InChI is InChI=1S/C20H22N4O7/c1-20(2,3)31-19(29)24(16(25)10-23-18(28)30-11-21)15(17(26)27)8-12-9-22-14-7-5-4-6-13(12)14/h4-7,9,15,22H,8,10H2,1-3H3,(H,23,28)(H,26,27)/t15-/m0/s1. The van der Waals surface area contributed by atoms with Gasteiger partial charge in [0.05, 0.1) is 0 Å². The topological polar surface area (TPSA) is 162 Å². The van der Waals surface area contributed by atoms with Gasteiger partial charge in [-0.25, -0.2) is 19.3 Å². The van der Waals surface area contributed by atoms with Crippen molar-refractivity contribution in [3.63, 3.8) is 0 Å². The van der Waals surface area contributed by atoms with Crippen molar-refractivity contribution in [2.24, 2.45) is 0 Å². The SMILES string of the molecule is CC(C)(C)OC(=O)N(C(=O)CNC(=O)OC#N)[C@@H](Cc1c[nH]c2ccccc12)C(=O)O. The number of aliphatic carboxylic acids is 1. The predicted molar refractivity (Wildman–Crippen MR) is 107 cm³/mol. The summed E-state index contributed by atoms with van der Waals surface area (Å²) in [5, 5.41) is 20.9. The second-order valence-electron chi connectivity index (χ2n) is 7.50. The number of carbonyl (C=O) groups is 4. The lowest BCUT2D eigenvalue weighted by molar-refractivity contribution is -0.149. The van der Waals surface area contributed by atoms with Crippen LogP contribution in [0.4, 0.5) is 9.59 Å². The number of rotatable bonds is 6. The summed E-state index contributed by atoms with van der Waals surface area (Å²) in [6.45, 7) is 3.90. The van der Waals surface area contributed by atoms with E-state index in [-0.39, 0.29) is 6.42 Å². The van der Waals surface area contributed by atoms with E-state index in [1.807, 2.05) is 5.32 Å². The molecule has 2 rings (SSSR count). The number of amides is 3. The molecule has 0 aliphatic rings. The molecule has 3 N–H and O–H groups in total. The molecule has 1 aromatic carbocycles. The van der Waals surface area contributed by atoms with E-state index in [0.29, 0.717) is 10.5 Å². The summed E-state index contributed by atoms with van der Waals surface area (Å²) in [5.41, 5.74) is 0.325. The van der Waals surface area contributed by atoms with Crippen molar-refractivity contribution >= 4 is 35.0 Å². The Labute approximate surface area is 177 Å². The molecule has 1 atom stereocenters. The van der Waals surface area contributed by atoms with Crippen LogP contribution in [-0.2, 0) is 25.5 Å². The number of benzene rings is 1. The van der Waals surface area contributed by atoms with E-state index in [1.165, 1.54) is 0 Å². The first-order chi connectivity index (χ1) is 14.5. The number of para-hydroxylation sites is 1. The smallest absolute Gasteiger partial charge is 0.423 e. The molecule has 0 bridgehead atoms. The van der Waals surface area contributed by atoms with Gasteiger partial charge in [-0.05, 0) is 32.4 Å². The second kappa shape index (κ2) is 9.62. The highest BCUT2D eigenvalue weighted by molar-refractivity contribution is 5.98. The van der Waals surface area contributed by atoms with Crippen LogP contribution < -0.4 is 5.32 Å². The van der Waals surface area contributed by atoms with Gasteiger partial charge in [0.15, 0.2) is 0 Å². The van der Waals surface area contributed by atoms with Crippen molar-refractivity contribution in [2.45, 2.75) is 38.8 Å². The minimum absolute atomic E-state index is 0.201. The van der Waals surface area contributed by atoms with Gasteiger partial charge >= 0.3 is 18.2 Å². The molecule has 2 aromatic rings. The van der Waals surface area contributed by atoms with Crippen LogP contribution in [0.25, 0.3) is 10.9 Å². The fourth-order valence-electron chi connectivity index (χ4n) is 2.82. The van der Waals surface area contributed by atoms with Crippen molar-refractivity contribution in [3.8, 4) is 6.26 Å². The number of hydrogen-bond acceptors (Lipinski definition) is 7. The largest absolute Gasteiger partial charge is 0.480 e. The van der Waals surface area contributed by atoms with Crippen molar-refractivity contribution in [1.29, 1.82) is 5.26 Å². The first-order valence-electron chi connectivity index (χ1n) is 9.20. The lowest BCUT2D eigenvalue weighted by atomic mass is 10.0. The molecular weight excluding hydrogens is 408 g/mol. The molecule has 3 amide bonds. The lowest BCUT2D eigenvalue weighted by Gasteiger charge is -2.30. The molecular formula is C20H22N4O7. The number of nitrogens with one attached hydrogen (secondary N) is 2. The lowest BCUT2D eigenvalue weighted by Crippen LogP contribution is -2.54. The number of alkyl carbamates (subject to hydrolysis) is 1. The minimum Gasteiger partial charge on any atom is -0.480 e. The van der Waals surface area contributed by atoms with Crippen LogP contribution in [0.2, 0.25) is 0 Å². The number of carbonyl (C=O) groups excluding carboxylic acids is 3. The van der Waals surface area contributed by atoms with E-state index in [0.717, 1.165) is 17.2 Å². The Kier molecular flexibility index (Phi) is 7.20. The summed E-state index contributed by atoms with van der Waals surface area (Å²) < 4.78 is 9.21. The second-order valence-corrected chi connectivity index (χ2v) is 7.50. The summed E-state index contributed by atoms with van der Waals surface area (Å²) in [6, 6.07) is 5.54. The molecule has 164 valence electrons. The summed E-state index contributed by atoms with van der Waals surface area (Å²) in [4.78, 5) is 52.3. The zero-order valence-corrected chi connectivity index (χ0v) is 17.2. The predicted octanol–water partition coefficient (Wildman–Crippen LogP) is 2.13. The average Bonchev–Trinajstić information content (AvgIpc) is 3.07. The third kappa shape index (κ3) is 6.20. The molecule has 11 heteroatoms. The van der Waals surface area contributed by atoms with Gasteiger partial charge in [0.2, 0.25) is 0 Å². The van der Waals surface area contributed by atoms with Crippen LogP contribution in [0, 0.1) is 11.5 Å². The van der Waals surface area contributed by atoms with Crippen molar-refractivity contribution in [3.05, 3.63) is 36.0 Å². The molecule has 0 saturated carbocycles. The maximum atomic E-state index is 12.7. The molecule has 0 saturated heterocycles. The van der Waals surface area contributed by atoms with Gasteiger partial charge < -0.3 is 24.9 Å². The number of aromatic amines is 1. The molecule has 0 unspecified atom stereocenters. The first-order valence-corrected chi connectivity index (χ1v) is 9.20. The third-order valence-corrected chi connectivity index (χ3v) is 4.07. The number of aromatic nitrogens is 1. The number of imide groups is 1. The molecule has 0 aliphatic heterocycles. The van der Waals surface area contributed by atoms with Crippen LogP contribution in [0.5, 0.6) is 0 Å². The number of carboxylic acid groups (broad SMARTS) is 1. The van der Waals surface area contributed by atoms with Crippen molar-refractivity contribution in [2.75, 3.05) is 6.54 Å². The molecule has 0 aliphatic carbocycles. The van der Waals surface area contributed by atoms with Gasteiger partial charge in [-0.1, -0.05) is 18.2 Å². The average molecular weight is 430 g/mol. The quantitative estimate of drug-likeness (QED) is 0.587. The Morgan fingerprint density at radius 2 is 1.94 bits per heavy atom. The van der Waals surface area contributed by atoms with E-state index < -0.39 is 42.3 Å². The Morgan fingerprint density at radius 1 is 1.26 bits per heavy atom. The highest BCUT2D eigenvalue weighted by Gasteiger charge is 2.38. The fourth-order valence-corrected chi connectivity index (χ4v) is 2.82. The van der Waals surface area contributed by atoms with Crippen molar-refractivity contribution in [1.82, 2.24) is 15.2 Å². The van der Waals surface area contributed by atoms with Crippen LogP contribution in [-0.4, -0.2) is 57.2 Å². The van der Waals surface area contributed by atoms with Crippen molar-refractivity contribution < 1.29 is 33.8 Å². The number of nitrogens with zero attached hydrogens (tertiary/aromatic N) is 2. The van der Waals surface area contributed by atoms with Gasteiger partial charge in [-0.3, -0.25) is 4.79 Å². The monoisotopic (exact) mass is 430 g/mol. The molecule has 11 nitrogen and oxygen atoms in total. The van der Waals surface area contributed by atoms with E-state index in [4.69, 9.17) is 10.00 Å². The molecule has 1 heterocycles. The third-order valence-electron chi connectivity index (χ3n) is 4.07. The Bertz CT molecular complexity index is 1030. The van der Waals surface area contributed by atoms with Crippen LogP contribution >= 0.6 is 0 Å². The fraction of sp³-hybridized carbons (Fsp3) is 0.350. The molecule has 0 spiro atoms. The Morgan fingerprint density at radius 3 is 2.55 bits per heavy atom. The zero-order valence-electron chi connectivity index (χ0n) is 17.2. The highest BCUT2D eigenvalue weighted by Crippen LogP contribution is 2.22. The van der Waals surface area contributed by atoms with Crippen LogP contribution in [0.15, 0.2) is 30.5 Å². The minimum atomic E-state index is -1.62. The van der Waals surface area contributed by atoms with E-state index in [9.17, 15) is 24.3 Å². The molecule has 0 radical (unpaired) electrons. The molecule has 0 fully saturated rings. The number of hydrogen-bond donors (Lipinski definition) is 3. The normalized spacial score (nSPS) is 11.8. The van der Waals surface area contributed by atoms with E-state index in [2.05, 4.69) is 9.72 Å². The van der Waals surface area contributed by atoms with Gasteiger partial charge in [0, 0.05) is 23.5 Å². The number of carboxylic acids is 1. The van der Waals surface area contributed by atoms with Gasteiger partial charge in [-0.15, -0.1) is 5.26 Å². The summed E-state index contributed by atoms with van der Waals surface area (Å²) in [7, 11) is 0. The summed E-state index contributed by atoms with van der Waals surface area (Å²) in [5.74, 6) is -2.49. The molecule has 1 aromatic heterocycles. The Hall–Kier alpha value is -4.07. The molecule has 31 heavy (non-hydrogen) atoms. The maximum Gasteiger partial charge on any atom is 0.423 e. The Balaban J connectivity index is 2.36. The number of nitriles is 1. The van der Waals surface area contributed by atoms with E-state index in [1.54, 1.807) is 51.2 Å². The number of fused-ring (bicyclic) bond motifs is 1. The summed E-state index contributed by atoms with van der Waals surface area (Å²) in [6.07, 6.45) is 0.133.